The highest BCUT2D eigenvalue weighted by Gasteiger charge is 2.37. The van der Waals surface area contributed by atoms with E-state index in [0.29, 0.717) is 29.7 Å². The van der Waals surface area contributed by atoms with Crippen molar-refractivity contribution in [1.29, 1.82) is 0 Å². The van der Waals surface area contributed by atoms with Gasteiger partial charge in [-0.15, -0.1) is 0 Å². The van der Waals surface area contributed by atoms with Gasteiger partial charge in [-0.1, -0.05) is 0 Å². The molecule has 1 unspecified atom stereocenters. The van der Waals surface area contributed by atoms with E-state index in [4.69, 9.17) is 0 Å². The van der Waals surface area contributed by atoms with Crippen LogP contribution in [0.25, 0.3) is 0 Å². The Morgan fingerprint density at radius 2 is 2.29 bits per heavy atom. The van der Waals surface area contributed by atoms with Crippen molar-refractivity contribution in [2.75, 3.05) is 20.1 Å². The third kappa shape index (κ3) is 3.62. The fourth-order valence-corrected chi connectivity index (χ4v) is 2.82. The molecule has 1 atom stereocenters. The van der Waals surface area contributed by atoms with Gasteiger partial charge in [-0.3, -0.25) is 14.3 Å². The molecule has 21 heavy (non-hydrogen) atoms. The average Bonchev–Trinajstić information content (AvgIpc) is 2.77. The number of β-amino-alcohol motifs (C(OH)–C–C–N with tert-alkyl or cyclic N) is 1. The standard InChI is InChI=1S/C13H19BrN4O3/c1-15-11(19)7-13(21)4-3-5-18(8-13)12(20)9-6-10(14)17(2)16-9/h6,21H,3-5,7-8H2,1-2H3,(H,15,19). The van der Waals surface area contributed by atoms with Gasteiger partial charge in [0.25, 0.3) is 5.91 Å². The SMILES string of the molecule is CNC(=O)CC1(O)CCCN(C(=O)c2cc(Br)n(C)n2)C1. The first-order valence-electron chi connectivity index (χ1n) is 6.76. The van der Waals surface area contributed by atoms with Gasteiger partial charge in [0.2, 0.25) is 5.91 Å². The van der Waals surface area contributed by atoms with Gasteiger partial charge in [0, 0.05) is 26.7 Å². The zero-order chi connectivity index (χ0) is 15.6. The van der Waals surface area contributed by atoms with E-state index in [1.54, 1.807) is 22.7 Å². The second-order valence-electron chi connectivity index (χ2n) is 5.38. The normalized spacial score (nSPS) is 22.2. The number of amides is 2. The Kier molecular flexibility index (Phi) is 4.67. The largest absolute Gasteiger partial charge is 0.388 e. The van der Waals surface area contributed by atoms with Gasteiger partial charge >= 0.3 is 0 Å². The van der Waals surface area contributed by atoms with Crippen molar-refractivity contribution in [1.82, 2.24) is 20.0 Å². The van der Waals surface area contributed by atoms with Crippen molar-refractivity contribution < 1.29 is 14.7 Å². The Hall–Kier alpha value is -1.41. The Balaban J connectivity index is 2.10. The van der Waals surface area contributed by atoms with E-state index in [0.717, 1.165) is 0 Å². The molecular formula is C13H19BrN4O3. The third-order valence-electron chi connectivity index (χ3n) is 3.65. The van der Waals surface area contributed by atoms with E-state index in [1.807, 2.05) is 0 Å². The van der Waals surface area contributed by atoms with Gasteiger partial charge in [-0.25, -0.2) is 0 Å². The molecule has 1 saturated heterocycles. The van der Waals surface area contributed by atoms with E-state index in [2.05, 4.69) is 26.3 Å². The molecule has 0 saturated carbocycles. The maximum atomic E-state index is 12.4. The smallest absolute Gasteiger partial charge is 0.274 e. The van der Waals surface area contributed by atoms with Gasteiger partial charge in [0.15, 0.2) is 5.69 Å². The van der Waals surface area contributed by atoms with Crippen molar-refractivity contribution in [2.45, 2.75) is 24.9 Å². The molecule has 1 aliphatic heterocycles. The van der Waals surface area contributed by atoms with Crippen LogP contribution in [0.3, 0.4) is 0 Å². The van der Waals surface area contributed by atoms with Crippen LogP contribution in [0.1, 0.15) is 29.8 Å². The monoisotopic (exact) mass is 358 g/mol. The molecule has 1 aliphatic rings. The second kappa shape index (κ2) is 6.15. The molecule has 0 spiro atoms. The van der Waals surface area contributed by atoms with E-state index in [9.17, 15) is 14.7 Å². The lowest BCUT2D eigenvalue weighted by molar-refractivity contribution is -0.127. The van der Waals surface area contributed by atoms with Crippen LogP contribution in [-0.2, 0) is 11.8 Å². The molecule has 2 N–H and O–H groups in total. The molecule has 0 aliphatic carbocycles. The van der Waals surface area contributed by atoms with Crippen molar-refractivity contribution in [3.63, 3.8) is 0 Å². The molecule has 2 rings (SSSR count). The van der Waals surface area contributed by atoms with Crippen LogP contribution >= 0.6 is 15.9 Å². The van der Waals surface area contributed by atoms with Crippen LogP contribution in [-0.4, -0.2) is 57.3 Å². The molecular weight excluding hydrogens is 340 g/mol. The van der Waals surface area contributed by atoms with Crippen LogP contribution in [0.4, 0.5) is 0 Å². The zero-order valence-electron chi connectivity index (χ0n) is 12.1. The van der Waals surface area contributed by atoms with E-state index < -0.39 is 5.60 Å². The average molecular weight is 359 g/mol. The van der Waals surface area contributed by atoms with Gasteiger partial charge in [0.1, 0.15) is 4.60 Å². The lowest BCUT2D eigenvalue weighted by atomic mass is 9.89. The molecule has 0 radical (unpaired) electrons. The molecule has 1 aromatic heterocycles. The molecule has 1 fully saturated rings. The molecule has 7 nitrogen and oxygen atoms in total. The molecule has 116 valence electrons. The summed E-state index contributed by atoms with van der Waals surface area (Å²) in [4.78, 5) is 25.5. The maximum absolute atomic E-state index is 12.4. The van der Waals surface area contributed by atoms with Crippen molar-refractivity contribution >= 4 is 27.7 Å². The lowest BCUT2D eigenvalue weighted by Crippen LogP contribution is -2.52. The maximum Gasteiger partial charge on any atom is 0.274 e. The fourth-order valence-electron chi connectivity index (χ4n) is 2.53. The highest BCUT2D eigenvalue weighted by atomic mass is 79.9. The number of piperidine rings is 1. The summed E-state index contributed by atoms with van der Waals surface area (Å²) in [6.07, 6.45) is 1.17. The highest BCUT2D eigenvalue weighted by Crippen LogP contribution is 2.25. The minimum absolute atomic E-state index is 0.000801. The first-order valence-corrected chi connectivity index (χ1v) is 7.56. The number of likely N-dealkylation sites (tertiary alicyclic amines) is 1. The number of hydrogen-bond donors (Lipinski definition) is 2. The van der Waals surface area contributed by atoms with Crippen LogP contribution in [0.15, 0.2) is 10.7 Å². The molecule has 0 bridgehead atoms. The number of rotatable bonds is 3. The number of aliphatic hydroxyl groups is 1. The predicted octanol–water partition coefficient (Wildman–Crippen LogP) is 0.286. The molecule has 0 aromatic carbocycles. The number of hydrogen-bond acceptors (Lipinski definition) is 4. The summed E-state index contributed by atoms with van der Waals surface area (Å²) in [6.45, 7) is 0.705. The minimum atomic E-state index is -1.17. The third-order valence-corrected chi connectivity index (χ3v) is 4.39. The van der Waals surface area contributed by atoms with E-state index in [1.165, 1.54) is 7.05 Å². The summed E-state index contributed by atoms with van der Waals surface area (Å²) in [5.41, 5.74) is -0.839. The van der Waals surface area contributed by atoms with Gasteiger partial charge in [0.05, 0.1) is 18.6 Å². The Bertz CT molecular complexity index is 540. The van der Waals surface area contributed by atoms with Crippen LogP contribution in [0.2, 0.25) is 0 Å². The second-order valence-corrected chi connectivity index (χ2v) is 6.19. The topological polar surface area (TPSA) is 87.5 Å². The van der Waals surface area contributed by atoms with Gasteiger partial charge in [-0.2, -0.15) is 5.10 Å². The van der Waals surface area contributed by atoms with Crippen LogP contribution < -0.4 is 5.32 Å². The quantitative estimate of drug-likeness (QED) is 0.812. The summed E-state index contributed by atoms with van der Waals surface area (Å²) < 4.78 is 2.27. The number of nitrogens with one attached hydrogen (secondary N) is 1. The summed E-state index contributed by atoms with van der Waals surface area (Å²) in [6, 6.07) is 1.65. The Morgan fingerprint density at radius 3 is 2.86 bits per heavy atom. The zero-order valence-corrected chi connectivity index (χ0v) is 13.7. The number of nitrogens with zero attached hydrogens (tertiary/aromatic N) is 3. The number of halogens is 1. The van der Waals surface area contributed by atoms with Crippen LogP contribution in [0.5, 0.6) is 0 Å². The Morgan fingerprint density at radius 1 is 1.57 bits per heavy atom. The Labute approximate surface area is 131 Å². The molecule has 8 heteroatoms. The summed E-state index contributed by atoms with van der Waals surface area (Å²) in [5.74, 6) is -0.460. The first-order chi connectivity index (χ1) is 9.84. The van der Waals surface area contributed by atoms with Crippen molar-refractivity contribution in [2.24, 2.45) is 7.05 Å². The molecule has 2 amide bonds. The number of aromatic nitrogens is 2. The van der Waals surface area contributed by atoms with E-state index >= 15 is 0 Å². The fraction of sp³-hybridized carbons (Fsp3) is 0.615. The lowest BCUT2D eigenvalue weighted by Gasteiger charge is -2.38. The number of carbonyl (C=O) groups is 2. The summed E-state index contributed by atoms with van der Waals surface area (Å²) in [5, 5.41) is 17.1. The van der Waals surface area contributed by atoms with E-state index in [-0.39, 0.29) is 24.8 Å². The summed E-state index contributed by atoms with van der Waals surface area (Å²) in [7, 11) is 3.27. The highest BCUT2D eigenvalue weighted by molar-refractivity contribution is 9.10. The predicted molar refractivity (Wildman–Crippen MR) is 79.7 cm³/mol. The van der Waals surface area contributed by atoms with Crippen molar-refractivity contribution in [3.8, 4) is 0 Å². The first kappa shape index (κ1) is 16.0. The van der Waals surface area contributed by atoms with Crippen LogP contribution in [0, 0.1) is 0 Å². The van der Waals surface area contributed by atoms with Crippen molar-refractivity contribution in [3.05, 3.63) is 16.4 Å². The van der Waals surface area contributed by atoms with Gasteiger partial charge < -0.3 is 15.3 Å². The minimum Gasteiger partial charge on any atom is -0.388 e. The molecule has 2 heterocycles. The number of aryl methyl sites for hydroxylation is 1. The summed E-state index contributed by atoms with van der Waals surface area (Å²) >= 11 is 3.30. The van der Waals surface area contributed by atoms with Gasteiger partial charge in [-0.05, 0) is 28.8 Å². The molecule has 1 aromatic rings. The number of carbonyl (C=O) groups excluding carboxylic acids is 2.